The van der Waals surface area contributed by atoms with Gasteiger partial charge >= 0.3 is 0 Å². The van der Waals surface area contributed by atoms with Gasteiger partial charge in [0, 0.05) is 24.5 Å². The van der Waals surface area contributed by atoms with E-state index in [0.717, 1.165) is 22.4 Å². The van der Waals surface area contributed by atoms with Gasteiger partial charge in [0.2, 0.25) is 5.91 Å². The molecule has 0 spiro atoms. The Morgan fingerprint density at radius 1 is 1.40 bits per heavy atom. The van der Waals surface area contributed by atoms with E-state index in [1.807, 2.05) is 28.9 Å². The molecule has 4 rings (SSSR count). The summed E-state index contributed by atoms with van der Waals surface area (Å²) in [5.41, 5.74) is 3.48. The van der Waals surface area contributed by atoms with Crippen LogP contribution in [0.25, 0.3) is 11.0 Å². The van der Waals surface area contributed by atoms with Crippen molar-refractivity contribution in [2.75, 3.05) is 11.9 Å². The first-order chi connectivity index (χ1) is 12.1. The molecule has 1 aromatic carbocycles. The van der Waals surface area contributed by atoms with Gasteiger partial charge in [-0.25, -0.2) is 4.98 Å². The number of nitrogens with zero attached hydrogens (tertiary/aromatic N) is 3. The molecule has 2 aromatic heterocycles. The summed E-state index contributed by atoms with van der Waals surface area (Å²) in [6.07, 6.45) is 3.84. The maximum absolute atomic E-state index is 12.8. The molecule has 1 aliphatic rings. The molecule has 1 aliphatic heterocycles. The summed E-state index contributed by atoms with van der Waals surface area (Å²) >= 11 is 0. The van der Waals surface area contributed by atoms with E-state index in [4.69, 9.17) is 4.74 Å². The first kappa shape index (κ1) is 15.8. The van der Waals surface area contributed by atoms with Gasteiger partial charge in [0.25, 0.3) is 0 Å². The van der Waals surface area contributed by atoms with Crippen LogP contribution in [-0.2, 0) is 9.53 Å². The second kappa shape index (κ2) is 6.33. The Kier molecular flexibility index (Phi) is 4.01. The summed E-state index contributed by atoms with van der Waals surface area (Å²) in [6, 6.07) is 7.80. The molecular weight excluding hydrogens is 318 g/mol. The average Bonchev–Trinajstić information content (AvgIpc) is 3.32. The molecule has 0 aliphatic carbocycles. The van der Waals surface area contributed by atoms with Crippen LogP contribution in [0.15, 0.2) is 36.8 Å². The number of aromatic nitrogens is 4. The lowest BCUT2D eigenvalue weighted by Crippen LogP contribution is -2.27. The molecule has 0 unspecified atom stereocenters. The molecule has 3 aromatic rings. The number of amides is 1. The molecule has 0 saturated carbocycles. The normalized spacial score (nSPS) is 20.4. The van der Waals surface area contributed by atoms with Crippen LogP contribution < -0.4 is 5.32 Å². The Labute approximate surface area is 145 Å². The van der Waals surface area contributed by atoms with Gasteiger partial charge in [-0.3, -0.25) is 9.48 Å². The maximum atomic E-state index is 12.8. The topological polar surface area (TPSA) is 84.8 Å². The standard InChI is InChI=1S/C18H21N5O2/c1-11(2)23-16(5-7-21-23)17-13(6-8-25-17)18(24)22-12-3-4-14-15(9-12)20-10-19-14/h3-5,7,9-11,13,17H,6,8H2,1-2H3,(H,19,20)(H,22,24)/t13-,17-/m0/s1. The molecule has 7 nitrogen and oxygen atoms in total. The van der Waals surface area contributed by atoms with Crippen molar-refractivity contribution in [2.24, 2.45) is 5.92 Å². The lowest BCUT2D eigenvalue weighted by molar-refractivity contribution is -0.121. The highest BCUT2D eigenvalue weighted by molar-refractivity contribution is 5.95. The number of nitrogens with one attached hydrogen (secondary N) is 2. The van der Waals surface area contributed by atoms with Crippen molar-refractivity contribution in [3.63, 3.8) is 0 Å². The van der Waals surface area contributed by atoms with Crippen LogP contribution >= 0.6 is 0 Å². The van der Waals surface area contributed by atoms with Crippen LogP contribution in [0.2, 0.25) is 0 Å². The zero-order valence-electron chi connectivity index (χ0n) is 14.3. The number of hydrogen-bond acceptors (Lipinski definition) is 4. The van der Waals surface area contributed by atoms with Crippen molar-refractivity contribution in [2.45, 2.75) is 32.4 Å². The highest BCUT2D eigenvalue weighted by Crippen LogP contribution is 2.36. The minimum atomic E-state index is -0.263. The quantitative estimate of drug-likeness (QED) is 0.765. The number of carbonyl (C=O) groups excluding carboxylic acids is 1. The van der Waals surface area contributed by atoms with E-state index in [1.54, 1.807) is 12.5 Å². The highest BCUT2D eigenvalue weighted by Gasteiger charge is 2.37. The summed E-state index contributed by atoms with van der Waals surface area (Å²) in [5, 5.41) is 7.37. The molecule has 0 radical (unpaired) electrons. The van der Waals surface area contributed by atoms with Gasteiger partial charge < -0.3 is 15.0 Å². The number of carbonyl (C=O) groups is 1. The van der Waals surface area contributed by atoms with E-state index in [9.17, 15) is 4.79 Å². The first-order valence-electron chi connectivity index (χ1n) is 8.52. The van der Waals surface area contributed by atoms with E-state index in [2.05, 4.69) is 34.2 Å². The molecule has 7 heteroatoms. The molecule has 0 bridgehead atoms. The van der Waals surface area contributed by atoms with E-state index >= 15 is 0 Å². The number of rotatable bonds is 4. The Morgan fingerprint density at radius 2 is 2.28 bits per heavy atom. The fourth-order valence-electron chi connectivity index (χ4n) is 3.38. The Balaban J connectivity index is 1.55. The lowest BCUT2D eigenvalue weighted by Gasteiger charge is -2.21. The monoisotopic (exact) mass is 339 g/mol. The van der Waals surface area contributed by atoms with Crippen molar-refractivity contribution >= 4 is 22.6 Å². The lowest BCUT2D eigenvalue weighted by atomic mass is 9.97. The van der Waals surface area contributed by atoms with Gasteiger partial charge in [0.1, 0.15) is 6.10 Å². The Morgan fingerprint density at radius 3 is 3.12 bits per heavy atom. The van der Waals surface area contributed by atoms with Crippen LogP contribution in [0.5, 0.6) is 0 Å². The summed E-state index contributed by atoms with van der Waals surface area (Å²) in [7, 11) is 0. The summed E-state index contributed by atoms with van der Waals surface area (Å²) in [5.74, 6) is -0.260. The summed E-state index contributed by atoms with van der Waals surface area (Å²) in [6.45, 7) is 4.71. The molecule has 25 heavy (non-hydrogen) atoms. The van der Waals surface area contributed by atoms with Crippen molar-refractivity contribution in [3.05, 3.63) is 42.5 Å². The van der Waals surface area contributed by atoms with Gasteiger partial charge in [-0.05, 0) is 44.5 Å². The third-order valence-electron chi connectivity index (χ3n) is 4.60. The molecule has 2 N–H and O–H groups in total. The van der Waals surface area contributed by atoms with Gasteiger partial charge in [-0.15, -0.1) is 0 Å². The van der Waals surface area contributed by atoms with Crippen molar-refractivity contribution in [3.8, 4) is 0 Å². The fourth-order valence-corrected chi connectivity index (χ4v) is 3.38. The predicted molar refractivity (Wildman–Crippen MR) is 94.1 cm³/mol. The number of H-pyrrole nitrogens is 1. The Hall–Kier alpha value is -2.67. The average molecular weight is 339 g/mol. The molecule has 130 valence electrons. The third-order valence-corrected chi connectivity index (χ3v) is 4.60. The van der Waals surface area contributed by atoms with Crippen molar-refractivity contribution < 1.29 is 9.53 Å². The fraction of sp³-hybridized carbons (Fsp3) is 0.389. The van der Waals surface area contributed by atoms with Crippen molar-refractivity contribution in [1.29, 1.82) is 0 Å². The third kappa shape index (κ3) is 2.91. The van der Waals surface area contributed by atoms with Crippen LogP contribution in [0.1, 0.15) is 38.1 Å². The zero-order chi connectivity index (χ0) is 17.4. The molecular formula is C18H21N5O2. The van der Waals surface area contributed by atoms with E-state index in [-0.39, 0.29) is 24.0 Å². The Bertz CT molecular complexity index is 898. The molecule has 3 heterocycles. The predicted octanol–water partition coefficient (Wildman–Crippen LogP) is 3.06. The van der Waals surface area contributed by atoms with Crippen LogP contribution in [0, 0.1) is 5.92 Å². The second-order valence-corrected chi connectivity index (χ2v) is 6.60. The number of imidazole rings is 1. The van der Waals surface area contributed by atoms with E-state index < -0.39 is 0 Å². The molecule has 1 amide bonds. The first-order valence-corrected chi connectivity index (χ1v) is 8.52. The van der Waals surface area contributed by atoms with Crippen LogP contribution in [0.4, 0.5) is 5.69 Å². The number of anilines is 1. The number of ether oxygens (including phenoxy) is 1. The van der Waals surface area contributed by atoms with Gasteiger partial charge in [0.05, 0.1) is 29.0 Å². The van der Waals surface area contributed by atoms with Gasteiger partial charge in [-0.2, -0.15) is 5.10 Å². The van der Waals surface area contributed by atoms with Crippen LogP contribution in [0.3, 0.4) is 0 Å². The molecule has 1 saturated heterocycles. The van der Waals surface area contributed by atoms with E-state index in [0.29, 0.717) is 13.0 Å². The maximum Gasteiger partial charge on any atom is 0.230 e. The van der Waals surface area contributed by atoms with Crippen molar-refractivity contribution in [1.82, 2.24) is 19.7 Å². The minimum Gasteiger partial charge on any atom is -0.371 e. The van der Waals surface area contributed by atoms with Gasteiger partial charge in [0.15, 0.2) is 0 Å². The smallest absolute Gasteiger partial charge is 0.230 e. The summed E-state index contributed by atoms with van der Waals surface area (Å²) in [4.78, 5) is 20.1. The van der Waals surface area contributed by atoms with Crippen LogP contribution in [-0.4, -0.2) is 32.3 Å². The molecule has 1 fully saturated rings. The number of aromatic amines is 1. The highest BCUT2D eigenvalue weighted by atomic mass is 16.5. The largest absolute Gasteiger partial charge is 0.371 e. The summed E-state index contributed by atoms with van der Waals surface area (Å²) < 4.78 is 7.80. The van der Waals surface area contributed by atoms with E-state index in [1.165, 1.54) is 0 Å². The molecule has 2 atom stereocenters. The number of hydrogen-bond donors (Lipinski definition) is 2. The number of fused-ring (bicyclic) bond motifs is 1. The van der Waals surface area contributed by atoms with Gasteiger partial charge in [-0.1, -0.05) is 0 Å². The second-order valence-electron chi connectivity index (χ2n) is 6.60. The zero-order valence-corrected chi connectivity index (χ0v) is 14.3. The minimum absolute atomic E-state index is 0.0297. The SMILES string of the molecule is CC(C)n1nccc1[C@H]1OCC[C@@H]1C(=O)Nc1ccc2nc[nH]c2c1. The number of benzene rings is 1.